The van der Waals surface area contributed by atoms with Crippen LogP contribution in [0.4, 0.5) is 0 Å². The molecule has 0 bridgehead atoms. The van der Waals surface area contributed by atoms with E-state index >= 15 is 0 Å². The van der Waals surface area contributed by atoms with Gasteiger partial charge in [-0.1, -0.05) is 86.3 Å². The van der Waals surface area contributed by atoms with E-state index in [4.69, 9.17) is 16.9 Å². The second-order valence-electron chi connectivity index (χ2n) is 14.0. The molecule has 4 aliphatic heterocycles. The first kappa shape index (κ1) is 31.3. The third-order valence-corrected chi connectivity index (χ3v) is 11.4. The molecule has 2 N–H and O–H groups in total. The normalized spacial score (nSPS) is 33.7. The van der Waals surface area contributed by atoms with Crippen molar-refractivity contribution in [1.82, 2.24) is 0 Å². The number of hydrogen-bond donors (Lipinski definition) is 2. The summed E-state index contributed by atoms with van der Waals surface area (Å²) in [5, 5.41) is 25.0. The van der Waals surface area contributed by atoms with Gasteiger partial charge in [-0.05, 0) is 67.1 Å². The summed E-state index contributed by atoms with van der Waals surface area (Å²) in [6.07, 6.45) is 13.0. The molecule has 0 saturated carbocycles. The van der Waals surface area contributed by atoms with Gasteiger partial charge >= 0.3 is 0 Å². The zero-order valence-electron chi connectivity index (χ0n) is 33.5. The molecular weight excluding hydrogens is 757 g/mol. The minimum Gasteiger partial charge on any atom is -0.654 e. The van der Waals surface area contributed by atoms with E-state index in [2.05, 4.69) is 52.1 Å². The molecule has 0 aromatic rings. The van der Waals surface area contributed by atoms with Crippen LogP contribution in [0.2, 0.25) is 0 Å². The number of hydrogen-bond acceptors (Lipinski definition) is 5. The average molecular weight is 822 g/mol. The van der Waals surface area contributed by atoms with E-state index in [-0.39, 0.29) is 71.9 Å². The fraction of sp³-hybridized carbons (Fsp3) is 0.737. The number of dihydropyridines is 1. The molecule has 1 aliphatic carbocycles. The summed E-state index contributed by atoms with van der Waals surface area (Å²) in [4.78, 5) is 4.47. The molecule has 1 radical (unpaired) electrons. The summed E-state index contributed by atoms with van der Waals surface area (Å²) in [5.74, 6) is 1.85. The van der Waals surface area contributed by atoms with Crippen LogP contribution in [0.15, 0.2) is 52.0 Å². The van der Waals surface area contributed by atoms with Gasteiger partial charge in [0, 0.05) is 55.0 Å². The number of nitrogens with zero attached hydrogens (tertiary/aromatic N) is 2. The molecule has 7 heteroatoms. The third-order valence-electron chi connectivity index (χ3n) is 9.87. The van der Waals surface area contributed by atoms with Gasteiger partial charge in [0.05, 0.1) is 11.9 Å². The molecule has 45 heavy (non-hydrogen) atoms. The predicted octanol–water partition coefficient (Wildman–Crippen LogP) is 9.76. The van der Waals surface area contributed by atoms with E-state index < -0.39 is 31.0 Å². The van der Waals surface area contributed by atoms with Crippen LogP contribution >= 0.6 is 11.8 Å². The molecule has 2 fully saturated rings. The Morgan fingerprint density at radius 3 is 2.58 bits per heavy atom. The Kier molecular flexibility index (Phi) is 11.8. The Morgan fingerprint density at radius 2 is 1.96 bits per heavy atom. The van der Waals surface area contributed by atoms with Gasteiger partial charge in [-0.3, -0.25) is 0 Å². The maximum absolute atomic E-state index is 9.88. The first-order valence-corrected chi connectivity index (χ1v) is 18.0. The number of ether oxygens (including phenoxy) is 1. The van der Waals surface area contributed by atoms with Crippen LogP contribution in [0.25, 0.3) is 5.32 Å². The Morgan fingerprint density at radius 1 is 1.24 bits per heavy atom. The quantitative estimate of drug-likeness (QED) is 0.138. The van der Waals surface area contributed by atoms with Crippen LogP contribution in [0.3, 0.4) is 0 Å². The largest absolute Gasteiger partial charge is 0.654 e. The zero-order valence-corrected chi connectivity index (χ0v) is 31.8. The molecule has 2 unspecified atom stereocenters. The first-order chi connectivity index (χ1) is 22.9. The van der Waals surface area contributed by atoms with E-state index in [1.807, 2.05) is 38.6 Å². The monoisotopic (exact) mass is 822 g/mol. The van der Waals surface area contributed by atoms with Crippen molar-refractivity contribution >= 4 is 17.5 Å². The number of rotatable bonds is 9. The fourth-order valence-corrected chi connectivity index (χ4v) is 8.97. The summed E-state index contributed by atoms with van der Waals surface area (Å²) < 4.78 is 47.5. The van der Waals surface area contributed by atoms with Crippen molar-refractivity contribution in [2.45, 2.75) is 136 Å². The molecule has 0 amide bonds. The van der Waals surface area contributed by atoms with Crippen molar-refractivity contribution in [3.63, 3.8) is 0 Å². The van der Waals surface area contributed by atoms with Crippen molar-refractivity contribution < 1.29 is 41.9 Å². The summed E-state index contributed by atoms with van der Waals surface area (Å²) in [6, 6.07) is -0.0683. The summed E-state index contributed by atoms with van der Waals surface area (Å²) in [7, 11) is 0. The second kappa shape index (κ2) is 16.9. The Bertz CT molecular complexity index is 1320. The maximum Gasteiger partial charge on any atom is 0.175 e. The number of fused-ring (bicyclic) bond motifs is 4. The number of thioether (sulfide) groups is 1. The standard InChI is InChI=1S/C25H34N2OS.C13H26O2.Ir/c1-14-9-10-18-16-7-6-8-19(22(16)28-24(18)27-14)21-23-17(11-12-26-21)20(15(2)29-23)13-25(3,4)5;1-5-10(6-2)12(14)9-13(15)11(7-3)8-4;/h8-11,15-16,18,20-21,23-24H,6-7,12-13H2,1-5H3;9-12,14-15H,5-8H2,1-4H3;/q-2;;/b;13-9-;/t15-,16-,18?,20+,21-,23-,24?;12-;/m01./s1/i1D3,13D2;;. The second-order valence-corrected chi connectivity index (χ2v) is 15.5. The van der Waals surface area contributed by atoms with E-state index in [0.29, 0.717) is 12.3 Å². The number of aliphatic hydroxyl groups excluding tert-OH is 2. The molecule has 2 saturated heterocycles. The van der Waals surface area contributed by atoms with E-state index in [9.17, 15) is 10.2 Å². The van der Waals surface area contributed by atoms with Crippen LogP contribution in [-0.4, -0.2) is 51.3 Å². The van der Waals surface area contributed by atoms with E-state index in [1.54, 1.807) is 12.2 Å². The molecular formula is C38H60IrN2O3S-2. The zero-order chi connectivity index (χ0) is 36.5. The van der Waals surface area contributed by atoms with Crippen LogP contribution in [0.5, 0.6) is 0 Å². The smallest absolute Gasteiger partial charge is 0.175 e. The van der Waals surface area contributed by atoms with Gasteiger partial charge in [-0.15, -0.1) is 25.1 Å². The van der Waals surface area contributed by atoms with Gasteiger partial charge in [0.15, 0.2) is 6.23 Å². The van der Waals surface area contributed by atoms with E-state index in [0.717, 1.165) is 49.9 Å². The molecule has 0 spiro atoms. The molecule has 257 valence electrons. The molecule has 5 nitrogen and oxygen atoms in total. The molecule has 4 heterocycles. The summed E-state index contributed by atoms with van der Waals surface area (Å²) >= 11 is 1.84. The molecule has 8 atom stereocenters. The first-order valence-electron chi connectivity index (χ1n) is 19.5. The molecule has 5 aliphatic rings. The van der Waals surface area contributed by atoms with Crippen molar-refractivity contribution in [2.24, 2.45) is 40.0 Å². The van der Waals surface area contributed by atoms with Gasteiger partial charge < -0.3 is 20.3 Å². The van der Waals surface area contributed by atoms with Crippen LogP contribution < -0.4 is 0 Å². The van der Waals surface area contributed by atoms with Gasteiger partial charge in [0.1, 0.15) is 0 Å². The Balaban J connectivity index is 0.000000361. The molecule has 0 aromatic heterocycles. The van der Waals surface area contributed by atoms with Crippen LogP contribution in [-0.2, 0) is 24.8 Å². The topological polar surface area (TPSA) is 76.2 Å². The van der Waals surface area contributed by atoms with Gasteiger partial charge in [0.2, 0.25) is 0 Å². The van der Waals surface area contributed by atoms with Crippen molar-refractivity contribution in [2.75, 3.05) is 6.54 Å². The summed E-state index contributed by atoms with van der Waals surface area (Å²) in [5.41, 5.74) is 1.94. The minimum absolute atomic E-state index is 0. The number of aliphatic hydroxyl groups is 2. The van der Waals surface area contributed by atoms with Gasteiger partial charge in [-0.2, -0.15) is 17.3 Å². The van der Waals surface area contributed by atoms with Crippen LogP contribution in [0.1, 0.15) is 114 Å². The minimum atomic E-state index is -2.24. The average Bonchev–Trinajstić information content (AvgIpc) is 3.58. The Labute approximate surface area is 299 Å². The number of allylic oxidation sites excluding steroid dienone is 3. The van der Waals surface area contributed by atoms with Gasteiger partial charge in [0.25, 0.3) is 0 Å². The number of aliphatic imine (C=N–C) groups is 1. The maximum atomic E-state index is 9.88. The predicted molar refractivity (Wildman–Crippen MR) is 188 cm³/mol. The Hall–Kier alpha value is -0.981. The third kappa shape index (κ3) is 9.13. The SMILES string of the molecule is CCC(CC)/C(O)=C/[C@@H](O)C(CC)CC.[2H]C([2H])([2H])C1=NC2OC3=C([C@@H]4[N-]CC=C5[C@@H]4S[C@@H](C)[C@H]5C([2H])([2H])C(C)(C)C)[CH-]CC[C@H]3C2C=C1.[Ir]. The van der Waals surface area contributed by atoms with Crippen molar-refractivity contribution in [3.8, 4) is 0 Å². The van der Waals surface area contributed by atoms with Crippen molar-refractivity contribution in [3.05, 3.63) is 58.7 Å². The summed E-state index contributed by atoms with van der Waals surface area (Å²) in [6.45, 7) is 14.7. The van der Waals surface area contributed by atoms with Gasteiger partial charge in [-0.25, -0.2) is 11.4 Å². The fourth-order valence-electron chi connectivity index (χ4n) is 7.34. The van der Waals surface area contributed by atoms with Crippen LogP contribution in [0, 0.1) is 41.4 Å². The van der Waals surface area contributed by atoms with E-state index in [1.165, 1.54) is 5.57 Å². The molecule has 0 aromatic carbocycles. The van der Waals surface area contributed by atoms with Crippen molar-refractivity contribution in [1.29, 1.82) is 0 Å². The molecule has 5 rings (SSSR count).